The number of carbonyl (C=O) groups excluding carboxylic acids is 1. The van der Waals surface area contributed by atoms with Crippen LogP contribution in [0.15, 0.2) is 42.5 Å². The highest BCUT2D eigenvalue weighted by Crippen LogP contribution is 2.37. The normalized spacial score (nSPS) is 17.0. The topological polar surface area (TPSA) is 84.9 Å². The SMILES string of the molecule is COc1ccc([C@@H](CC(C)C)NC(=O)[C@@H]2CN(S(C)(=O)=O)c3cc(Cl)ccc3O2)cc1. The molecule has 1 N–H and O–H groups in total. The van der Waals surface area contributed by atoms with E-state index in [1.807, 2.05) is 24.3 Å². The van der Waals surface area contributed by atoms with Crippen LogP contribution < -0.4 is 19.1 Å². The molecule has 0 aromatic heterocycles. The molecule has 0 saturated carbocycles. The summed E-state index contributed by atoms with van der Waals surface area (Å²) in [7, 11) is -2.03. The molecule has 9 heteroatoms. The van der Waals surface area contributed by atoms with Crippen LogP contribution in [-0.4, -0.2) is 40.3 Å². The third-order valence-electron chi connectivity index (χ3n) is 5.03. The van der Waals surface area contributed by atoms with E-state index < -0.39 is 16.1 Å². The zero-order chi connectivity index (χ0) is 22.8. The lowest BCUT2D eigenvalue weighted by Gasteiger charge is -2.35. The molecule has 7 nitrogen and oxygen atoms in total. The molecule has 2 atom stereocenters. The summed E-state index contributed by atoms with van der Waals surface area (Å²) in [5, 5.41) is 3.42. The summed E-state index contributed by atoms with van der Waals surface area (Å²) in [6, 6.07) is 12.0. The molecule has 0 spiro atoms. The Bertz CT molecular complexity index is 1040. The van der Waals surface area contributed by atoms with Gasteiger partial charge in [-0.2, -0.15) is 0 Å². The predicted molar refractivity (Wildman–Crippen MR) is 121 cm³/mol. The number of hydrogen-bond acceptors (Lipinski definition) is 5. The van der Waals surface area contributed by atoms with Crippen LogP contribution in [0.25, 0.3) is 0 Å². The van der Waals surface area contributed by atoms with Gasteiger partial charge >= 0.3 is 0 Å². The maximum atomic E-state index is 13.1. The first-order chi connectivity index (χ1) is 14.6. The van der Waals surface area contributed by atoms with Crippen LogP contribution in [0.1, 0.15) is 31.9 Å². The van der Waals surface area contributed by atoms with Gasteiger partial charge in [0.2, 0.25) is 10.0 Å². The fraction of sp³-hybridized carbons (Fsp3) is 0.409. The van der Waals surface area contributed by atoms with Crippen molar-refractivity contribution in [2.24, 2.45) is 5.92 Å². The minimum absolute atomic E-state index is 0.130. The van der Waals surface area contributed by atoms with Gasteiger partial charge in [0.05, 0.1) is 31.6 Å². The summed E-state index contributed by atoms with van der Waals surface area (Å²) in [6.45, 7) is 4.02. The van der Waals surface area contributed by atoms with Gasteiger partial charge in [-0.25, -0.2) is 8.42 Å². The first-order valence-corrected chi connectivity index (χ1v) is 12.2. The smallest absolute Gasteiger partial charge is 0.263 e. The van der Waals surface area contributed by atoms with Gasteiger partial charge in [-0.05, 0) is 48.2 Å². The summed E-state index contributed by atoms with van der Waals surface area (Å²) in [5.41, 5.74) is 1.26. The first kappa shape index (κ1) is 23.2. The van der Waals surface area contributed by atoms with E-state index in [0.29, 0.717) is 28.8 Å². The van der Waals surface area contributed by atoms with E-state index in [1.165, 1.54) is 6.07 Å². The molecule has 1 aliphatic heterocycles. The van der Waals surface area contributed by atoms with Crippen LogP contribution in [0.2, 0.25) is 5.02 Å². The van der Waals surface area contributed by atoms with Crippen molar-refractivity contribution in [3.05, 3.63) is 53.1 Å². The molecule has 0 saturated heterocycles. The second-order valence-corrected chi connectivity index (χ2v) is 10.3. The molecule has 0 bridgehead atoms. The van der Waals surface area contributed by atoms with Gasteiger partial charge in [0.15, 0.2) is 6.10 Å². The van der Waals surface area contributed by atoms with Gasteiger partial charge in [-0.1, -0.05) is 37.6 Å². The largest absolute Gasteiger partial charge is 0.497 e. The molecule has 31 heavy (non-hydrogen) atoms. The van der Waals surface area contributed by atoms with Gasteiger partial charge < -0.3 is 14.8 Å². The molecular formula is C22H27ClN2O5S. The molecule has 0 unspecified atom stereocenters. The fourth-order valence-electron chi connectivity index (χ4n) is 3.53. The maximum absolute atomic E-state index is 13.1. The van der Waals surface area contributed by atoms with Crippen LogP contribution >= 0.6 is 11.6 Å². The lowest BCUT2D eigenvalue weighted by atomic mass is 9.96. The highest BCUT2D eigenvalue weighted by molar-refractivity contribution is 7.92. The van der Waals surface area contributed by atoms with Crippen LogP contribution in [0.5, 0.6) is 11.5 Å². The standard InChI is InChI=1S/C22H27ClN2O5S/c1-14(2)11-18(15-5-8-17(29-3)9-6-15)24-22(26)21-13-25(31(4,27)28)19-12-16(23)7-10-20(19)30-21/h5-10,12,14,18,21H,11,13H2,1-4H3,(H,24,26)/t18-,21+/m1/s1. The molecule has 3 rings (SSSR count). The number of anilines is 1. The number of amides is 1. The van der Waals surface area contributed by atoms with E-state index in [2.05, 4.69) is 19.2 Å². The highest BCUT2D eigenvalue weighted by atomic mass is 35.5. The van der Waals surface area contributed by atoms with Crippen LogP contribution in [-0.2, 0) is 14.8 Å². The molecule has 2 aromatic rings. The Morgan fingerprint density at radius 1 is 1.26 bits per heavy atom. The molecule has 0 aliphatic carbocycles. The van der Waals surface area contributed by atoms with Crippen molar-refractivity contribution in [1.29, 1.82) is 0 Å². The summed E-state index contributed by atoms with van der Waals surface area (Å²) in [4.78, 5) is 13.1. The Morgan fingerprint density at radius 2 is 1.94 bits per heavy atom. The van der Waals surface area contributed by atoms with Crippen molar-refractivity contribution in [2.45, 2.75) is 32.4 Å². The second-order valence-electron chi connectivity index (χ2n) is 7.98. The zero-order valence-electron chi connectivity index (χ0n) is 18.0. The van der Waals surface area contributed by atoms with Gasteiger partial charge in [0.1, 0.15) is 11.5 Å². The van der Waals surface area contributed by atoms with Gasteiger partial charge in [0.25, 0.3) is 5.91 Å². The number of nitrogens with zero attached hydrogens (tertiary/aromatic N) is 1. The molecule has 0 fully saturated rings. The Morgan fingerprint density at radius 3 is 2.52 bits per heavy atom. The van der Waals surface area contributed by atoms with Crippen molar-refractivity contribution in [3.8, 4) is 11.5 Å². The number of carbonyl (C=O) groups is 1. The van der Waals surface area contributed by atoms with E-state index in [0.717, 1.165) is 21.9 Å². The Hall–Kier alpha value is -2.45. The lowest BCUT2D eigenvalue weighted by Crippen LogP contribution is -2.51. The number of ether oxygens (including phenoxy) is 2. The van der Waals surface area contributed by atoms with Gasteiger partial charge in [-0.3, -0.25) is 9.10 Å². The number of nitrogens with one attached hydrogen (secondary N) is 1. The van der Waals surface area contributed by atoms with Crippen LogP contribution in [0, 0.1) is 5.92 Å². The number of methoxy groups -OCH3 is 1. The zero-order valence-corrected chi connectivity index (χ0v) is 19.5. The quantitative estimate of drug-likeness (QED) is 0.671. The summed E-state index contributed by atoms with van der Waals surface area (Å²) in [5.74, 6) is 0.977. The molecule has 1 amide bonds. The van der Waals surface area contributed by atoms with Crippen LogP contribution in [0.3, 0.4) is 0 Å². The number of hydrogen-bond donors (Lipinski definition) is 1. The van der Waals surface area contributed by atoms with Crippen LogP contribution in [0.4, 0.5) is 5.69 Å². The summed E-state index contributed by atoms with van der Waals surface area (Å²) >= 11 is 6.03. The minimum Gasteiger partial charge on any atom is -0.497 e. The Balaban J connectivity index is 1.85. The average molecular weight is 467 g/mol. The third kappa shape index (κ3) is 5.62. The van der Waals surface area contributed by atoms with E-state index in [4.69, 9.17) is 21.1 Å². The molecular weight excluding hydrogens is 440 g/mol. The van der Waals surface area contributed by atoms with E-state index in [9.17, 15) is 13.2 Å². The van der Waals surface area contributed by atoms with E-state index in [1.54, 1.807) is 19.2 Å². The predicted octanol–water partition coefficient (Wildman–Crippen LogP) is 3.78. The number of rotatable bonds is 7. The van der Waals surface area contributed by atoms with Crippen molar-refractivity contribution in [3.63, 3.8) is 0 Å². The maximum Gasteiger partial charge on any atom is 0.263 e. The Kier molecular flexibility index (Phi) is 7.01. The molecule has 1 heterocycles. The lowest BCUT2D eigenvalue weighted by molar-refractivity contribution is -0.128. The Labute approximate surface area is 188 Å². The fourth-order valence-corrected chi connectivity index (χ4v) is 4.60. The highest BCUT2D eigenvalue weighted by Gasteiger charge is 2.36. The number of benzene rings is 2. The average Bonchev–Trinajstić information content (AvgIpc) is 2.71. The number of fused-ring (bicyclic) bond motifs is 1. The third-order valence-corrected chi connectivity index (χ3v) is 6.41. The first-order valence-electron chi connectivity index (χ1n) is 9.96. The number of sulfonamides is 1. The molecule has 1 aliphatic rings. The van der Waals surface area contributed by atoms with Gasteiger partial charge in [0, 0.05) is 5.02 Å². The molecule has 0 radical (unpaired) electrons. The van der Waals surface area contributed by atoms with Crippen molar-refractivity contribution >= 4 is 33.2 Å². The summed E-state index contributed by atoms with van der Waals surface area (Å²) < 4.78 is 37.0. The van der Waals surface area contributed by atoms with Crippen molar-refractivity contribution < 1.29 is 22.7 Å². The van der Waals surface area contributed by atoms with Crippen molar-refractivity contribution in [2.75, 3.05) is 24.2 Å². The monoisotopic (exact) mass is 466 g/mol. The van der Waals surface area contributed by atoms with Crippen molar-refractivity contribution in [1.82, 2.24) is 5.32 Å². The molecule has 2 aromatic carbocycles. The number of halogens is 1. The summed E-state index contributed by atoms with van der Waals surface area (Å²) in [6.07, 6.45) is 0.820. The van der Waals surface area contributed by atoms with Gasteiger partial charge in [-0.15, -0.1) is 0 Å². The molecule has 168 valence electrons. The van der Waals surface area contributed by atoms with E-state index >= 15 is 0 Å². The minimum atomic E-state index is -3.63. The second kappa shape index (κ2) is 9.36. The van der Waals surface area contributed by atoms with E-state index in [-0.39, 0.29) is 18.5 Å².